The van der Waals surface area contributed by atoms with Gasteiger partial charge in [0.25, 0.3) is 0 Å². The lowest BCUT2D eigenvalue weighted by Gasteiger charge is -2.12. The Labute approximate surface area is 85.9 Å². The van der Waals surface area contributed by atoms with E-state index < -0.39 is 17.7 Å². The standard InChI is InChI=1S/C9H11ClFNO2/c1-4-2-5(6(13)3-12)8(11)9(14)7(4)10/h2,6,13-14H,3,12H2,1H3. The molecule has 14 heavy (non-hydrogen) atoms. The summed E-state index contributed by atoms with van der Waals surface area (Å²) in [7, 11) is 0. The number of aliphatic hydroxyl groups is 1. The Hall–Kier alpha value is -0.840. The average Bonchev–Trinajstić information content (AvgIpc) is 2.19. The quantitative estimate of drug-likeness (QED) is 0.706. The Balaban J connectivity index is 3.33. The molecule has 1 aromatic rings. The van der Waals surface area contributed by atoms with E-state index in [4.69, 9.17) is 17.3 Å². The third-order valence-electron chi connectivity index (χ3n) is 1.97. The lowest BCUT2D eigenvalue weighted by molar-refractivity contribution is 0.180. The number of phenolic OH excluding ortho intramolecular Hbond substituents is 1. The molecule has 0 aromatic heterocycles. The summed E-state index contributed by atoms with van der Waals surface area (Å²) in [5.41, 5.74) is 5.64. The van der Waals surface area contributed by atoms with Crippen LogP contribution in [0.15, 0.2) is 6.07 Å². The summed E-state index contributed by atoms with van der Waals surface area (Å²) in [4.78, 5) is 0. The number of aromatic hydroxyl groups is 1. The molecule has 0 fully saturated rings. The molecule has 1 rings (SSSR count). The van der Waals surface area contributed by atoms with Gasteiger partial charge in [0.05, 0.1) is 11.1 Å². The van der Waals surface area contributed by atoms with Crippen LogP contribution in [0.3, 0.4) is 0 Å². The summed E-state index contributed by atoms with van der Waals surface area (Å²) in [6.07, 6.45) is -1.13. The van der Waals surface area contributed by atoms with Crippen molar-refractivity contribution in [3.8, 4) is 5.75 Å². The van der Waals surface area contributed by atoms with E-state index in [-0.39, 0.29) is 17.1 Å². The Kier molecular flexibility index (Phi) is 3.31. The third kappa shape index (κ3) is 1.82. The maximum absolute atomic E-state index is 13.3. The lowest BCUT2D eigenvalue weighted by atomic mass is 10.1. The predicted molar refractivity (Wildman–Crippen MR) is 51.8 cm³/mol. The molecule has 1 aromatic carbocycles. The van der Waals surface area contributed by atoms with E-state index in [1.54, 1.807) is 6.92 Å². The van der Waals surface area contributed by atoms with Gasteiger partial charge in [0, 0.05) is 12.1 Å². The molecule has 0 aliphatic rings. The van der Waals surface area contributed by atoms with Gasteiger partial charge in [-0.3, -0.25) is 0 Å². The summed E-state index contributed by atoms with van der Waals surface area (Å²) in [6.45, 7) is 1.49. The van der Waals surface area contributed by atoms with Gasteiger partial charge in [-0.2, -0.15) is 0 Å². The Bertz CT molecular complexity index is 357. The van der Waals surface area contributed by atoms with Crippen LogP contribution in [0.5, 0.6) is 5.75 Å². The van der Waals surface area contributed by atoms with E-state index in [1.165, 1.54) is 6.07 Å². The number of hydrogen-bond donors (Lipinski definition) is 3. The highest BCUT2D eigenvalue weighted by molar-refractivity contribution is 6.32. The Morgan fingerprint density at radius 3 is 2.71 bits per heavy atom. The van der Waals surface area contributed by atoms with E-state index in [9.17, 15) is 14.6 Å². The van der Waals surface area contributed by atoms with Crippen LogP contribution in [0.4, 0.5) is 4.39 Å². The van der Waals surface area contributed by atoms with Crippen LogP contribution in [0, 0.1) is 12.7 Å². The summed E-state index contributed by atoms with van der Waals surface area (Å²) < 4.78 is 13.3. The molecule has 78 valence electrons. The molecule has 0 saturated heterocycles. The minimum atomic E-state index is -1.13. The molecule has 0 amide bonds. The van der Waals surface area contributed by atoms with Gasteiger partial charge in [0.15, 0.2) is 11.6 Å². The molecule has 0 radical (unpaired) electrons. The number of benzene rings is 1. The molecule has 4 N–H and O–H groups in total. The fourth-order valence-electron chi connectivity index (χ4n) is 1.15. The number of aliphatic hydroxyl groups excluding tert-OH is 1. The molecule has 3 nitrogen and oxygen atoms in total. The molecule has 1 unspecified atom stereocenters. The number of hydrogen-bond acceptors (Lipinski definition) is 3. The van der Waals surface area contributed by atoms with Crippen LogP contribution in [-0.4, -0.2) is 16.8 Å². The zero-order valence-corrected chi connectivity index (χ0v) is 8.35. The second-order valence-electron chi connectivity index (χ2n) is 3.01. The van der Waals surface area contributed by atoms with Crippen LogP contribution < -0.4 is 5.73 Å². The number of nitrogens with two attached hydrogens (primary N) is 1. The molecule has 0 aliphatic carbocycles. The van der Waals surface area contributed by atoms with Crippen molar-refractivity contribution < 1.29 is 14.6 Å². The van der Waals surface area contributed by atoms with Crippen LogP contribution in [0.1, 0.15) is 17.2 Å². The summed E-state index contributed by atoms with van der Waals surface area (Å²) in [5.74, 6) is -1.56. The van der Waals surface area contributed by atoms with E-state index in [2.05, 4.69) is 0 Å². The topological polar surface area (TPSA) is 66.5 Å². The van der Waals surface area contributed by atoms with Crippen LogP contribution in [0.25, 0.3) is 0 Å². The first-order valence-corrected chi connectivity index (χ1v) is 4.42. The van der Waals surface area contributed by atoms with Crippen molar-refractivity contribution in [3.05, 3.63) is 28.0 Å². The number of rotatable bonds is 2. The molecule has 0 aliphatic heterocycles. The van der Waals surface area contributed by atoms with Gasteiger partial charge in [-0.25, -0.2) is 4.39 Å². The van der Waals surface area contributed by atoms with E-state index in [1.807, 2.05) is 0 Å². The van der Waals surface area contributed by atoms with E-state index >= 15 is 0 Å². The highest BCUT2D eigenvalue weighted by atomic mass is 35.5. The number of phenols is 1. The summed E-state index contributed by atoms with van der Waals surface area (Å²) >= 11 is 5.60. The fourth-order valence-corrected chi connectivity index (χ4v) is 1.29. The van der Waals surface area contributed by atoms with Gasteiger partial charge < -0.3 is 15.9 Å². The lowest BCUT2D eigenvalue weighted by Crippen LogP contribution is -2.13. The molecule has 0 saturated carbocycles. The zero-order chi connectivity index (χ0) is 10.9. The molecular weight excluding hydrogens is 209 g/mol. The zero-order valence-electron chi connectivity index (χ0n) is 7.59. The average molecular weight is 220 g/mol. The van der Waals surface area contributed by atoms with Crippen molar-refractivity contribution in [2.75, 3.05) is 6.54 Å². The van der Waals surface area contributed by atoms with Gasteiger partial charge in [0.1, 0.15) is 0 Å². The monoisotopic (exact) mass is 219 g/mol. The normalized spacial score (nSPS) is 12.9. The van der Waals surface area contributed by atoms with E-state index in [0.717, 1.165) is 0 Å². The van der Waals surface area contributed by atoms with Crippen LogP contribution in [-0.2, 0) is 0 Å². The van der Waals surface area contributed by atoms with Gasteiger partial charge in [-0.15, -0.1) is 0 Å². The maximum atomic E-state index is 13.3. The summed E-state index contributed by atoms with van der Waals surface area (Å²) in [5, 5.41) is 18.5. The highest BCUT2D eigenvalue weighted by Crippen LogP contribution is 2.34. The van der Waals surface area contributed by atoms with Crippen molar-refractivity contribution in [2.24, 2.45) is 5.73 Å². The molecule has 0 bridgehead atoms. The molecular formula is C9H11ClFNO2. The van der Waals surface area contributed by atoms with Gasteiger partial charge in [-0.1, -0.05) is 11.6 Å². The SMILES string of the molecule is Cc1cc(C(O)CN)c(F)c(O)c1Cl. The maximum Gasteiger partial charge on any atom is 0.172 e. The van der Waals surface area contributed by atoms with Crippen molar-refractivity contribution in [3.63, 3.8) is 0 Å². The van der Waals surface area contributed by atoms with E-state index in [0.29, 0.717) is 5.56 Å². The first-order chi connectivity index (χ1) is 6.49. The second-order valence-corrected chi connectivity index (χ2v) is 3.39. The number of halogens is 2. The van der Waals surface area contributed by atoms with Crippen molar-refractivity contribution in [1.29, 1.82) is 0 Å². The van der Waals surface area contributed by atoms with Gasteiger partial charge >= 0.3 is 0 Å². The molecule has 5 heteroatoms. The number of aryl methyl sites for hydroxylation is 1. The van der Waals surface area contributed by atoms with Crippen molar-refractivity contribution in [2.45, 2.75) is 13.0 Å². The fraction of sp³-hybridized carbons (Fsp3) is 0.333. The second kappa shape index (κ2) is 4.13. The minimum absolute atomic E-state index is 0.0353. The van der Waals surface area contributed by atoms with Crippen molar-refractivity contribution >= 4 is 11.6 Å². The third-order valence-corrected chi connectivity index (χ3v) is 2.45. The Morgan fingerprint density at radius 1 is 1.64 bits per heavy atom. The minimum Gasteiger partial charge on any atom is -0.504 e. The first kappa shape index (κ1) is 11.2. The first-order valence-electron chi connectivity index (χ1n) is 4.04. The summed E-state index contributed by atoms with van der Waals surface area (Å²) in [6, 6.07) is 1.37. The smallest absolute Gasteiger partial charge is 0.172 e. The van der Waals surface area contributed by atoms with Crippen LogP contribution >= 0.6 is 11.6 Å². The largest absolute Gasteiger partial charge is 0.504 e. The molecule has 0 spiro atoms. The Morgan fingerprint density at radius 2 is 2.21 bits per heavy atom. The highest BCUT2D eigenvalue weighted by Gasteiger charge is 2.18. The van der Waals surface area contributed by atoms with Gasteiger partial charge in [0.2, 0.25) is 0 Å². The molecule has 0 heterocycles. The van der Waals surface area contributed by atoms with Crippen LogP contribution in [0.2, 0.25) is 5.02 Å². The molecule has 1 atom stereocenters. The predicted octanol–water partition coefficient (Wildman–Crippen LogP) is 1.49. The van der Waals surface area contributed by atoms with Crippen molar-refractivity contribution in [1.82, 2.24) is 0 Å². The van der Waals surface area contributed by atoms with Gasteiger partial charge in [-0.05, 0) is 18.6 Å².